The molecule has 54 valence electrons. The SMILES string of the molecule is C(#CC1CCC1)C1CCC1. The molecule has 0 amide bonds. The summed E-state index contributed by atoms with van der Waals surface area (Å²) in [4.78, 5) is 0. The maximum Gasteiger partial charge on any atom is 0.0203 e. The molecular weight excluding hydrogens is 120 g/mol. The van der Waals surface area contributed by atoms with Crippen molar-refractivity contribution in [3.63, 3.8) is 0 Å². The van der Waals surface area contributed by atoms with E-state index in [0.29, 0.717) is 0 Å². The predicted octanol–water partition coefficient (Wildman–Crippen LogP) is 2.59. The third-order valence-electron chi connectivity index (χ3n) is 2.70. The Morgan fingerprint density at radius 3 is 1.30 bits per heavy atom. The minimum atomic E-state index is 0.792. The second-order valence-corrected chi connectivity index (χ2v) is 3.54. The van der Waals surface area contributed by atoms with Gasteiger partial charge >= 0.3 is 0 Å². The molecule has 0 aromatic carbocycles. The van der Waals surface area contributed by atoms with Crippen molar-refractivity contribution in [2.75, 3.05) is 0 Å². The van der Waals surface area contributed by atoms with E-state index in [2.05, 4.69) is 11.8 Å². The molecule has 0 radical (unpaired) electrons. The Morgan fingerprint density at radius 1 is 0.700 bits per heavy atom. The summed E-state index contributed by atoms with van der Waals surface area (Å²) in [6.07, 6.45) is 8.34. The quantitative estimate of drug-likeness (QED) is 0.447. The van der Waals surface area contributed by atoms with Gasteiger partial charge in [-0.2, -0.15) is 0 Å². The van der Waals surface area contributed by atoms with Crippen LogP contribution in [0.1, 0.15) is 38.5 Å². The Hall–Kier alpha value is -0.440. The molecule has 0 aliphatic heterocycles. The van der Waals surface area contributed by atoms with Gasteiger partial charge in [0.05, 0.1) is 0 Å². The molecule has 0 aromatic heterocycles. The van der Waals surface area contributed by atoms with Crippen molar-refractivity contribution >= 4 is 0 Å². The maximum atomic E-state index is 3.37. The van der Waals surface area contributed by atoms with Crippen molar-refractivity contribution in [3.05, 3.63) is 0 Å². The van der Waals surface area contributed by atoms with Crippen molar-refractivity contribution < 1.29 is 0 Å². The molecule has 2 saturated carbocycles. The minimum absolute atomic E-state index is 0.792. The smallest absolute Gasteiger partial charge is 0.0203 e. The van der Waals surface area contributed by atoms with Crippen LogP contribution in [0.25, 0.3) is 0 Å². The number of hydrogen-bond acceptors (Lipinski definition) is 0. The van der Waals surface area contributed by atoms with Gasteiger partial charge in [0.1, 0.15) is 0 Å². The van der Waals surface area contributed by atoms with E-state index in [1.165, 1.54) is 38.5 Å². The van der Waals surface area contributed by atoms with Gasteiger partial charge in [-0.15, -0.1) is 0 Å². The summed E-state index contributed by atoms with van der Waals surface area (Å²) < 4.78 is 0. The molecule has 0 nitrogen and oxygen atoms in total. The predicted molar refractivity (Wildman–Crippen MR) is 42.5 cm³/mol. The van der Waals surface area contributed by atoms with Gasteiger partial charge in [0.2, 0.25) is 0 Å². The van der Waals surface area contributed by atoms with Gasteiger partial charge in [-0.3, -0.25) is 0 Å². The van der Waals surface area contributed by atoms with Crippen LogP contribution in [-0.2, 0) is 0 Å². The van der Waals surface area contributed by atoms with Crippen LogP contribution in [0.4, 0.5) is 0 Å². The summed E-state index contributed by atoms with van der Waals surface area (Å²) in [5.41, 5.74) is 0. The second kappa shape index (κ2) is 2.66. The second-order valence-electron chi connectivity index (χ2n) is 3.54. The Morgan fingerprint density at radius 2 is 1.10 bits per heavy atom. The van der Waals surface area contributed by atoms with Crippen LogP contribution in [0.15, 0.2) is 0 Å². The lowest BCUT2D eigenvalue weighted by Gasteiger charge is -2.22. The van der Waals surface area contributed by atoms with Gasteiger partial charge in [-0.1, -0.05) is 24.7 Å². The molecule has 0 saturated heterocycles. The van der Waals surface area contributed by atoms with E-state index in [9.17, 15) is 0 Å². The van der Waals surface area contributed by atoms with E-state index in [0.717, 1.165) is 11.8 Å². The van der Waals surface area contributed by atoms with Crippen molar-refractivity contribution in [2.24, 2.45) is 11.8 Å². The highest BCUT2D eigenvalue weighted by Crippen LogP contribution is 2.28. The van der Waals surface area contributed by atoms with Crippen molar-refractivity contribution in [1.82, 2.24) is 0 Å². The first-order chi connectivity index (χ1) is 4.95. The third kappa shape index (κ3) is 1.19. The summed E-state index contributed by atoms with van der Waals surface area (Å²) in [6.45, 7) is 0. The zero-order valence-electron chi connectivity index (χ0n) is 6.40. The first-order valence-corrected chi connectivity index (χ1v) is 4.46. The molecule has 10 heavy (non-hydrogen) atoms. The zero-order chi connectivity index (χ0) is 6.81. The molecule has 0 spiro atoms. The van der Waals surface area contributed by atoms with E-state index in [1.54, 1.807) is 0 Å². The van der Waals surface area contributed by atoms with Gasteiger partial charge in [-0.05, 0) is 25.7 Å². The first-order valence-electron chi connectivity index (χ1n) is 4.46. The largest absolute Gasteiger partial charge is 0.0996 e. The molecule has 0 aromatic rings. The lowest BCUT2D eigenvalue weighted by atomic mass is 9.82. The molecule has 0 N–H and O–H groups in total. The average Bonchev–Trinajstić information content (AvgIpc) is 1.70. The van der Waals surface area contributed by atoms with Gasteiger partial charge in [-0.25, -0.2) is 0 Å². The Kier molecular flexibility index (Phi) is 1.67. The molecule has 2 fully saturated rings. The lowest BCUT2D eigenvalue weighted by molar-refractivity contribution is 0.387. The third-order valence-corrected chi connectivity index (χ3v) is 2.70. The number of rotatable bonds is 0. The topological polar surface area (TPSA) is 0 Å². The van der Waals surface area contributed by atoms with Crippen LogP contribution in [0, 0.1) is 23.7 Å². The monoisotopic (exact) mass is 134 g/mol. The fraction of sp³-hybridized carbons (Fsp3) is 0.800. The highest BCUT2D eigenvalue weighted by atomic mass is 14.2. The highest BCUT2D eigenvalue weighted by Gasteiger charge is 2.17. The van der Waals surface area contributed by atoms with Gasteiger partial charge in [0.15, 0.2) is 0 Å². The first kappa shape index (κ1) is 6.28. The van der Waals surface area contributed by atoms with Crippen molar-refractivity contribution in [2.45, 2.75) is 38.5 Å². The Labute approximate surface area is 63.0 Å². The standard InChI is InChI=1S/C10H14/c1-3-9(4-1)7-8-10-5-2-6-10/h9-10H,1-6H2. The average molecular weight is 134 g/mol. The van der Waals surface area contributed by atoms with Crippen LogP contribution in [0.5, 0.6) is 0 Å². The summed E-state index contributed by atoms with van der Waals surface area (Å²) in [6, 6.07) is 0. The molecule has 0 unspecified atom stereocenters. The fourth-order valence-corrected chi connectivity index (χ4v) is 1.34. The van der Waals surface area contributed by atoms with E-state index in [4.69, 9.17) is 0 Å². The van der Waals surface area contributed by atoms with E-state index >= 15 is 0 Å². The van der Waals surface area contributed by atoms with Crippen molar-refractivity contribution in [3.8, 4) is 11.8 Å². The molecule has 0 heterocycles. The Bertz CT molecular complexity index is 144. The molecule has 0 heteroatoms. The zero-order valence-corrected chi connectivity index (χ0v) is 6.40. The lowest BCUT2D eigenvalue weighted by Crippen LogP contribution is -2.11. The normalized spacial score (nSPS) is 26.0. The fourth-order valence-electron chi connectivity index (χ4n) is 1.34. The number of hydrogen-bond donors (Lipinski definition) is 0. The molecule has 2 aliphatic carbocycles. The summed E-state index contributed by atoms with van der Waals surface area (Å²) in [7, 11) is 0. The minimum Gasteiger partial charge on any atom is -0.0996 e. The highest BCUT2D eigenvalue weighted by molar-refractivity contribution is 5.11. The molecular formula is C10H14. The molecule has 0 bridgehead atoms. The molecule has 2 aliphatic rings. The van der Waals surface area contributed by atoms with Crippen molar-refractivity contribution in [1.29, 1.82) is 0 Å². The molecule has 0 atom stereocenters. The summed E-state index contributed by atoms with van der Waals surface area (Å²) in [5, 5.41) is 0. The summed E-state index contributed by atoms with van der Waals surface area (Å²) >= 11 is 0. The van der Waals surface area contributed by atoms with Crippen LogP contribution >= 0.6 is 0 Å². The van der Waals surface area contributed by atoms with Gasteiger partial charge in [0, 0.05) is 11.8 Å². The van der Waals surface area contributed by atoms with Gasteiger partial charge < -0.3 is 0 Å². The van der Waals surface area contributed by atoms with Crippen LogP contribution < -0.4 is 0 Å². The van der Waals surface area contributed by atoms with E-state index in [-0.39, 0.29) is 0 Å². The van der Waals surface area contributed by atoms with Crippen LogP contribution in [0.3, 0.4) is 0 Å². The maximum absolute atomic E-state index is 3.37. The van der Waals surface area contributed by atoms with Crippen LogP contribution in [-0.4, -0.2) is 0 Å². The van der Waals surface area contributed by atoms with E-state index in [1.807, 2.05) is 0 Å². The van der Waals surface area contributed by atoms with Gasteiger partial charge in [0.25, 0.3) is 0 Å². The molecule has 2 rings (SSSR count). The van der Waals surface area contributed by atoms with E-state index < -0.39 is 0 Å². The van der Waals surface area contributed by atoms with Crippen LogP contribution in [0.2, 0.25) is 0 Å². The summed E-state index contributed by atoms with van der Waals surface area (Å²) in [5.74, 6) is 8.33. The Balaban J connectivity index is 1.77.